The van der Waals surface area contributed by atoms with E-state index >= 15 is 0 Å². The quantitative estimate of drug-likeness (QED) is 0.716. The molecule has 0 saturated heterocycles. The molecule has 8 heteroatoms. The second kappa shape index (κ2) is 6.74. The molecule has 0 aliphatic carbocycles. The Hall–Kier alpha value is -2.19. The monoisotopic (exact) mass is 349 g/mol. The molecule has 0 radical (unpaired) electrons. The predicted octanol–water partition coefficient (Wildman–Crippen LogP) is 3.38. The van der Waals surface area contributed by atoms with Gasteiger partial charge in [0.1, 0.15) is 28.7 Å². The number of anilines is 2. The number of nitrogens with zero attached hydrogens (tertiary/aromatic N) is 4. The average molecular weight is 349 g/mol. The molecule has 126 valence electrons. The normalized spacial score (nSPS) is 11.2. The smallest absolute Gasteiger partial charge is 0.150 e. The first kappa shape index (κ1) is 16.7. The topological polar surface area (TPSA) is 46.0 Å². The van der Waals surface area contributed by atoms with Gasteiger partial charge in [0.05, 0.1) is 18.0 Å². The van der Waals surface area contributed by atoms with Crippen LogP contribution in [-0.4, -0.2) is 27.8 Å². The summed E-state index contributed by atoms with van der Waals surface area (Å²) < 4.78 is 33.7. The number of halogens is 2. The van der Waals surface area contributed by atoms with Crippen LogP contribution in [-0.2, 0) is 13.6 Å². The Morgan fingerprint density at radius 3 is 2.58 bits per heavy atom. The van der Waals surface area contributed by atoms with Crippen molar-refractivity contribution in [3.8, 4) is 0 Å². The third-order valence-corrected chi connectivity index (χ3v) is 4.21. The molecule has 0 aliphatic rings. The van der Waals surface area contributed by atoms with Gasteiger partial charge in [0.2, 0.25) is 0 Å². The SMILES string of the molecule is CSNCc1cc(F)c(N(C)c2cc3c(cn2)ncn3C)c(F)c1. The molecule has 0 fully saturated rings. The lowest BCUT2D eigenvalue weighted by atomic mass is 10.1. The van der Waals surface area contributed by atoms with Gasteiger partial charge in [0.25, 0.3) is 0 Å². The lowest BCUT2D eigenvalue weighted by Crippen LogP contribution is -2.15. The Bertz CT molecular complexity index is 857. The van der Waals surface area contributed by atoms with E-state index in [1.807, 2.05) is 17.9 Å². The van der Waals surface area contributed by atoms with Crippen molar-refractivity contribution in [3.05, 3.63) is 47.9 Å². The predicted molar refractivity (Wildman–Crippen MR) is 93.3 cm³/mol. The summed E-state index contributed by atoms with van der Waals surface area (Å²) in [6.45, 7) is 0.387. The molecule has 0 saturated carbocycles. The zero-order valence-corrected chi connectivity index (χ0v) is 14.4. The van der Waals surface area contributed by atoms with Gasteiger partial charge in [-0.05, 0) is 24.0 Å². The summed E-state index contributed by atoms with van der Waals surface area (Å²) >= 11 is 1.40. The van der Waals surface area contributed by atoms with Crippen LogP contribution >= 0.6 is 11.9 Å². The van der Waals surface area contributed by atoms with Crippen molar-refractivity contribution in [3.63, 3.8) is 0 Å². The van der Waals surface area contributed by atoms with E-state index in [4.69, 9.17) is 0 Å². The highest BCUT2D eigenvalue weighted by molar-refractivity contribution is 7.96. The molecule has 2 aromatic heterocycles. The highest BCUT2D eigenvalue weighted by Crippen LogP contribution is 2.30. The van der Waals surface area contributed by atoms with E-state index in [1.54, 1.807) is 25.6 Å². The minimum atomic E-state index is -0.623. The number of nitrogens with one attached hydrogen (secondary N) is 1. The summed E-state index contributed by atoms with van der Waals surface area (Å²) in [7, 11) is 3.44. The van der Waals surface area contributed by atoms with E-state index in [-0.39, 0.29) is 5.69 Å². The van der Waals surface area contributed by atoms with Crippen molar-refractivity contribution < 1.29 is 8.78 Å². The first-order valence-corrected chi connectivity index (χ1v) is 8.48. The van der Waals surface area contributed by atoms with Crippen LogP contribution in [0.5, 0.6) is 0 Å². The summed E-state index contributed by atoms with van der Waals surface area (Å²) in [5.74, 6) is -0.802. The largest absolute Gasteiger partial charge is 0.334 e. The number of fused-ring (bicyclic) bond motifs is 1. The third-order valence-electron chi connectivity index (χ3n) is 3.77. The maximum atomic E-state index is 14.4. The molecular formula is C16H17F2N5S. The van der Waals surface area contributed by atoms with Crippen molar-refractivity contribution in [2.75, 3.05) is 18.2 Å². The maximum Gasteiger partial charge on any atom is 0.150 e. The van der Waals surface area contributed by atoms with E-state index < -0.39 is 11.6 Å². The molecule has 0 aliphatic heterocycles. The third kappa shape index (κ3) is 3.07. The molecule has 2 heterocycles. The number of imidazole rings is 1. The van der Waals surface area contributed by atoms with Crippen LogP contribution < -0.4 is 9.62 Å². The lowest BCUT2D eigenvalue weighted by Gasteiger charge is -2.20. The van der Waals surface area contributed by atoms with Gasteiger partial charge in [-0.15, -0.1) is 0 Å². The van der Waals surface area contributed by atoms with Crippen molar-refractivity contribution in [1.82, 2.24) is 19.3 Å². The number of benzene rings is 1. The van der Waals surface area contributed by atoms with Crippen molar-refractivity contribution in [2.45, 2.75) is 6.54 Å². The summed E-state index contributed by atoms with van der Waals surface area (Å²) in [6.07, 6.45) is 5.12. The van der Waals surface area contributed by atoms with E-state index in [2.05, 4.69) is 14.7 Å². The highest BCUT2D eigenvalue weighted by atomic mass is 32.2. The molecule has 24 heavy (non-hydrogen) atoms. The number of hydrogen-bond acceptors (Lipinski definition) is 5. The summed E-state index contributed by atoms with van der Waals surface area (Å²) in [5, 5.41) is 0. The van der Waals surface area contributed by atoms with E-state index in [9.17, 15) is 8.78 Å². The molecule has 3 aromatic rings. The highest BCUT2D eigenvalue weighted by Gasteiger charge is 2.18. The van der Waals surface area contributed by atoms with Crippen LogP contribution in [0, 0.1) is 11.6 Å². The Kier molecular flexibility index (Phi) is 4.68. The van der Waals surface area contributed by atoms with Gasteiger partial charge in [-0.3, -0.25) is 4.72 Å². The molecule has 0 atom stereocenters. The van der Waals surface area contributed by atoms with Gasteiger partial charge >= 0.3 is 0 Å². The van der Waals surface area contributed by atoms with Gasteiger partial charge < -0.3 is 9.47 Å². The molecule has 5 nitrogen and oxygen atoms in total. The van der Waals surface area contributed by atoms with Gasteiger partial charge in [-0.2, -0.15) is 0 Å². The van der Waals surface area contributed by atoms with Gasteiger partial charge in [0.15, 0.2) is 0 Å². The Labute approximate surface area is 142 Å². The number of aryl methyl sites for hydroxylation is 1. The summed E-state index contributed by atoms with van der Waals surface area (Å²) in [4.78, 5) is 9.85. The fraction of sp³-hybridized carbons (Fsp3) is 0.250. The molecule has 1 N–H and O–H groups in total. The fourth-order valence-corrected chi connectivity index (χ4v) is 2.82. The molecule has 0 unspecified atom stereocenters. The first-order chi connectivity index (χ1) is 11.5. The maximum absolute atomic E-state index is 14.4. The van der Waals surface area contributed by atoms with Crippen molar-refractivity contribution >= 4 is 34.5 Å². The number of rotatable bonds is 5. The lowest BCUT2D eigenvalue weighted by molar-refractivity contribution is 0.579. The second-order valence-electron chi connectivity index (χ2n) is 5.38. The molecule has 0 amide bonds. The summed E-state index contributed by atoms with van der Waals surface area (Å²) in [6, 6.07) is 4.42. The number of pyridine rings is 1. The van der Waals surface area contributed by atoms with Crippen molar-refractivity contribution in [2.24, 2.45) is 7.05 Å². The standard InChI is InChI=1S/C16H17F2N5S/c1-22-9-20-13-8-19-15(6-14(13)22)23(2)16-11(17)4-10(5-12(16)18)7-21-24-3/h4-6,8-9,21H,7H2,1-3H3. The van der Waals surface area contributed by atoms with Crippen LogP contribution in [0.4, 0.5) is 20.3 Å². The van der Waals surface area contributed by atoms with Crippen LogP contribution in [0.15, 0.2) is 30.7 Å². The van der Waals surface area contributed by atoms with Crippen LogP contribution in [0.25, 0.3) is 11.0 Å². The zero-order chi connectivity index (χ0) is 17.3. The van der Waals surface area contributed by atoms with Crippen LogP contribution in [0.3, 0.4) is 0 Å². The van der Waals surface area contributed by atoms with Gasteiger partial charge in [0, 0.05) is 26.7 Å². The minimum absolute atomic E-state index is 0.128. The van der Waals surface area contributed by atoms with Gasteiger partial charge in [-0.25, -0.2) is 18.7 Å². The number of aromatic nitrogens is 3. The van der Waals surface area contributed by atoms with E-state index in [0.717, 1.165) is 11.0 Å². The van der Waals surface area contributed by atoms with Gasteiger partial charge in [-0.1, -0.05) is 11.9 Å². The summed E-state index contributed by atoms with van der Waals surface area (Å²) in [5.41, 5.74) is 1.99. The molecule has 0 bridgehead atoms. The molecule has 0 spiro atoms. The second-order valence-corrected chi connectivity index (χ2v) is 6.08. The van der Waals surface area contributed by atoms with Crippen LogP contribution in [0.1, 0.15) is 5.56 Å². The minimum Gasteiger partial charge on any atom is -0.334 e. The Morgan fingerprint density at radius 1 is 1.21 bits per heavy atom. The zero-order valence-electron chi connectivity index (χ0n) is 13.5. The molecule has 3 rings (SSSR count). The number of hydrogen-bond donors (Lipinski definition) is 1. The Balaban J connectivity index is 1.98. The van der Waals surface area contributed by atoms with Crippen molar-refractivity contribution in [1.29, 1.82) is 0 Å². The van der Waals surface area contributed by atoms with E-state index in [1.165, 1.54) is 29.0 Å². The van der Waals surface area contributed by atoms with Crippen LogP contribution in [0.2, 0.25) is 0 Å². The molecule has 1 aromatic carbocycles. The average Bonchev–Trinajstić information content (AvgIpc) is 2.93. The Morgan fingerprint density at radius 2 is 1.92 bits per heavy atom. The van der Waals surface area contributed by atoms with E-state index in [0.29, 0.717) is 17.9 Å². The first-order valence-electron chi connectivity index (χ1n) is 7.26. The molecular weight excluding hydrogens is 332 g/mol. The fourth-order valence-electron chi connectivity index (χ4n) is 2.51.